The molecule has 2 heteroatoms. The van der Waals surface area contributed by atoms with Gasteiger partial charge in [0.2, 0.25) is 0 Å². The summed E-state index contributed by atoms with van der Waals surface area (Å²) in [6.07, 6.45) is 3.39. The number of fused-ring (bicyclic) bond motifs is 2. The summed E-state index contributed by atoms with van der Waals surface area (Å²) in [5, 5.41) is 1.18. The molecule has 0 unspecified atom stereocenters. The fourth-order valence-electron chi connectivity index (χ4n) is 3.37. The van der Waals surface area contributed by atoms with Crippen LogP contribution in [-0.4, -0.2) is 10.8 Å². The number of carbonyl (C=O) groups excluding carboxylic acids is 1. The summed E-state index contributed by atoms with van der Waals surface area (Å²) < 4.78 is 0. The van der Waals surface area contributed by atoms with Gasteiger partial charge in [0.15, 0.2) is 5.78 Å². The van der Waals surface area contributed by atoms with E-state index in [2.05, 4.69) is 41.4 Å². The van der Waals surface area contributed by atoms with Crippen LogP contribution in [0, 0.1) is 0 Å². The van der Waals surface area contributed by atoms with Crippen LogP contribution in [0.3, 0.4) is 0 Å². The molecule has 0 atom stereocenters. The number of pyridine rings is 1. The third-order valence-corrected chi connectivity index (χ3v) is 4.43. The van der Waals surface area contributed by atoms with Crippen LogP contribution in [0.15, 0.2) is 54.6 Å². The standard InChI is InChI=1S/C20H17NO/c22-19-12-6-10-16-17(13-14-7-2-1-3-8-14)15-9-4-5-11-18(15)21-20(16)19/h1-5,7-9,11H,6,10,12-13H2. The maximum Gasteiger partial charge on any atom is 0.181 e. The first-order valence-corrected chi connectivity index (χ1v) is 7.80. The van der Waals surface area contributed by atoms with Crippen molar-refractivity contribution in [1.29, 1.82) is 0 Å². The molecule has 108 valence electrons. The van der Waals surface area contributed by atoms with Gasteiger partial charge >= 0.3 is 0 Å². The summed E-state index contributed by atoms with van der Waals surface area (Å²) in [7, 11) is 0. The van der Waals surface area contributed by atoms with Gasteiger partial charge < -0.3 is 0 Å². The molecule has 1 aliphatic rings. The molecule has 0 spiro atoms. The predicted octanol–water partition coefficient (Wildman–Crippen LogP) is 4.34. The molecule has 0 N–H and O–H groups in total. The third kappa shape index (κ3) is 2.21. The van der Waals surface area contributed by atoms with E-state index < -0.39 is 0 Å². The van der Waals surface area contributed by atoms with Crippen LogP contribution >= 0.6 is 0 Å². The van der Waals surface area contributed by atoms with E-state index in [0.29, 0.717) is 12.1 Å². The van der Waals surface area contributed by atoms with Gasteiger partial charge in [-0.05, 0) is 42.0 Å². The molecule has 0 bridgehead atoms. The maximum absolute atomic E-state index is 12.3. The number of rotatable bonds is 2. The summed E-state index contributed by atoms with van der Waals surface area (Å²) in [6, 6.07) is 18.6. The highest BCUT2D eigenvalue weighted by Gasteiger charge is 2.23. The average Bonchev–Trinajstić information content (AvgIpc) is 2.57. The van der Waals surface area contributed by atoms with Gasteiger partial charge in [0.25, 0.3) is 0 Å². The van der Waals surface area contributed by atoms with Crippen LogP contribution in [0.25, 0.3) is 10.9 Å². The summed E-state index contributed by atoms with van der Waals surface area (Å²) in [6.45, 7) is 0. The first-order valence-electron chi connectivity index (χ1n) is 7.80. The van der Waals surface area contributed by atoms with E-state index in [1.165, 1.54) is 22.1 Å². The molecule has 0 fully saturated rings. The number of para-hydroxylation sites is 1. The fourth-order valence-corrected chi connectivity index (χ4v) is 3.37. The minimum Gasteiger partial charge on any atom is -0.292 e. The highest BCUT2D eigenvalue weighted by atomic mass is 16.1. The van der Waals surface area contributed by atoms with E-state index in [1.807, 2.05) is 18.2 Å². The number of Topliss-reactive ketones (excluding diaryl/α,β-unsaturated/α-hetero) is 1. The Balaban J connectivity index is 1.96. The molecule has 0 radical (unpaired) electrons. The van der Waals surface area contributed by atoms with Gasteiger partial charge in [-0.15, -0.1) is 0 Å². The van der Waals surface area contributed by atoms with Crippen molar-refractivity contribution in [3.05, 3.63) is 77.0 Å². The van der Waals surface area contributed by atoms with Crippen LogP contribution in [0.2, 0.25) is 0 Å². The van der Waals surface area contributed by atoms with Gasteiger partial charge in [0, 0.05) is 11.8 Å². The molecule has 4 rings (SSSR count). The molecule has 1 aromatic heterocycles. The first-order chi connectivity index (χ1) is 10.8. The van der Waals surface area contributed by atoms with Crippen LogP contribution in [-0.2, 0) is 12.8 Å². The number of nitrogens with zero attached hydrogens (tertiary/aromatic N) is 1. The number of carbonyl (C=O) groups is 1. The minimum absolute atomic E-state index is 0.196. The number of benzene rings is 2. The molecule has 22 heavy (non-hydrogen) atoms. The Hall–Kier alpha value is -2.48. The Morgan fingerprint density at radius 3 is 2.55 bits per heavy atom. The highest BCUT2D eigenvalue weighted by molar-refractivity contribution is 6.00. The van der Waals surface area contributed by atoms with Gasteiger partial charge in [0.1, 0.15) is 5.69 Å². The quantitative estimate of drug-likeness (QED) is 0.701. The SMILES string of the molecule is O=C1CCCc2c1nc1ccccc1c2Cc1ccccc1. The first kappa shape index (κ1) is 13.2. The van der Waals surface area contributed by atoms with Crippen molar-refractivity contribution < 1.29 is 4.79 Å². The van der Waals surface area contributed by atoms with Crippen LogP contribution < -0.4 is 0 Å². The topological polar surface area (TPSA) is 30.0 Å². The van der Waals surface area contributed by atoms with Crippen molar-refractivity contribution in [3.63, 3.8) is 0 Å². The lowest BCUT2D eigenvalue weighted by molar-refractivity contribution is 0.0967. The average molecular weight is 287 g/mol. The molecular formula is C20H17NO. The van der Waals surface area contributed by atoms with Crippen LogP contribution in [0.1, 0.15) is 40.0 Å². The molecular weight excluding hydrogens is 270 g/mol. The molecule has 2 aromatic carbocycles. The van der Waals surface area contributed by atoms with E-state index in [4.69, 9.17) is 0 Å². The summed E-state index contributed by atoms with van der Waals surface area (Å²) >= 11 is 0. The predicted molar refractivity (Wildman–Crippen MR) is 88.3 cm³/mol. The Bertz CT molecular complexity index is 852. The van der Waals surface area contributed by atoms with Gasteiger partial charge in [-0.25, -0.2) is 4.98 Å². The normalized spacial score (nSPS) is 14.1. The van der Waals surface area contributed by atoms with E-state index in [-0.39, 0.29) is 5.78 Å². The zero-order valence-electron chi connectivity index (χ0n) is 12.4. The Morgan fingerprint density at radius 1 is 0.909 bits per heavy atom. The zero-order chi connectivity index (χ0) is 14.9. The zero-order valence-corrected chi connectivity index (χ0v) is 12.4. The lowest BCUT2D eigenvalue weighted by Crippen LogP contribution is -2.16. The highest BCUT2D eigenvalue weighted by Crippen LogP contribution is 2.30. The van der Waals surface area contributed by atoms with Crippen molar-refractivity contribution >= 4 is 16.7 Å². The van der Waals surface area contributed by atoms with E-state index >= 15 is 0 Å². The second kappa shape index (κ2) is 5.38. The van der Waals surface area contributed by atoms with E-state index in [1.54, 1.807) is 0 Å². The lowest BCUT2D eigenvalue weighted by Gasteiger charge is -2.20. The molecule has 0 aliphatic heterocycles. The van der Waals surface area contributed by atoms with Gasteiger partial charge in [-0.2, -0.15) is 0 Å². The van der Waals surface area contributed by atoms with Crippen LogP contribution in [0.4, 0.5) is 0 Å². The largest absolute Gasteiger partial charge is 0.292 e. The number of hydrogen-bond donors (Lipinski definition) is 0. The fraction of sp³-hybridized carbons (Fsp3) is 0.200. The Labute approximate surface area is 129 Å². The van der Waals surface area contributed by atoms with Gasteiger partial charge in [-0.3, -0.25) is 4.79 Å². The molecule has 0 saturated carbocycles. The van der Waals surface area contributed by atoms with Crippen LogP contribution in [0.5, 0.6) is 0 Å². The Kier molecular flexibility index (Phi) is 3.23. The minimum atomic E-state index is 0.196. The van der Waals surface area contributed by atoms with Gasteiger partial charge in [0.05, 0.1) is 5.52 Å². The second-order valence-corrected chi connectivity index (χ2v) is 5.87. The molecule has 3 aromatic rings. The van der Waals surface area contributed by atoms with Crippen molar-refractivity contribution in [1.82, 2.24) is 4.98 Å². The van der Waals surface area contributed by atoms with Crippen molar-refractivity contribution in [3.8, 4) is 0 Å². The smallest absolute Gasteiger partial charge is 0.181 e. The molecule has 2 nitrogen and oxygen atoms in total. The summed E-state index contributed by atoms with van der Waals surface area (Å²) in [4.78, 5) is 16.9. The Morgan fingerprint density at radius 2 is 1.68 bits per heavy atom. The summed E-state index contributed by atoms with van der Waals surface area (Å²) in [5.74, 6) is 0.196. The number of aromatic nitrogens is 1. The van der Waals surface area contributed by atoms with Crippen molar-refractivity contribution in [2.75, 3.05) is 0 Å². The third-order valence-electron chi connectivity index (χ3n) is 4.43. The number of ketones is 1. The number of hydrogen-bond acceptors (Lipinski definition) is 2. The maximum atomic E-state index is 12.3. The molecule has 0 amide bonds. The lowest BCUT2D eigenvalue weighted by atomic mass is 9.86. The molecule has 0 saturated heterocycles. The molecule has 1 aliphatic carbocycles. The van der Waals surface area contributed by atoms with Gasteiger partial charge in [-0.1, -0.05) is 48.5 Å². The molecule has 1 heterocycles. The van der Waals surface area contributed by atoms with Crippen molar-refractivity contribution in [2.45, 2.75) is 25.7 Å². The monoisotopic (exact) mass is 287 g/mol. The second-order valence-electron chi connectivity index (χ2n) is 5.87. The van der Waals surface area contributed by atoms with E-state index in [0.717, 1.165) is 24.8 Å². The van der Waals surface area contributed by atoms with Crippen molar-refractivity contribution in [2.24, 2.45) is 0 Å². The summed E-state index contributed by atoms with van der Waals surface area (Å²) in [5.41, 5.74) is 5.36. The van der Waals surface area contributed by atoms with E-state index in [9.17, 15) is 4.79 Å².